The van der Waals surface area contributed by atoms with Crippen molar-refractivity contribution < 1.29 is 9.50 Å². The van der Waals surface area contributed by atoms with Crippen molar-refractivity contribution in [2.75, 3.05) is 0 Å². The zero-order valence-electron chi connectivity index (χ0n) is 12.5. The Bertz CT molecular complexity index is 643. The summed E-state index contributed by atoms with van der Waals surface area (Å²) in [5, 5.41) is 13.9. The minimum Gasteiger partial charge on any atom is -0.385 e. The number of hydrogen-bond donors (Lipinski definition) is 1. The van der Waals surface area contributed by atoms with Gasteiger partial charge in [-0.1, -0.05) is 17.7 Å². The molecule has 1 unspecified atom stereocenters. The van der Waals surface area contributed by atoms with Crippen molar-refractivity contribution in [2.45, 2.75) is 39.7 Å². The Hall–Kier alpha value is -2.01. The summed E-state index contributed by atoms with van der Waals surface area (Å²) < 4.78 is 15.0. The van der Waals surface area contributed by atoms with Crippen LogP contribution in [0.3, 0.4) is 0 Å². The molecule has 0 aliphatic rings. The molecule has 0 saturated heterocycles. The fourth-order valence-corrected chi connectivity index (χ4v) is 2.01. The molecule has 0 aliphatic carbocycles. The number of benzene rings is 1. The van der Waals surface area contributed by atoms with Crippen molar-refractivity contribution in [3.63, 3.8) is 0 Å². The summed E-state index contributed by atoms with van der Waals surface area (Å²) in [4.78, 5) is 4.36. The van der Waals surface area contributed by atoms with Gasteiger partial charge < -0.3 is 5.11 Å². The first kappa shape index (κ1) is 15.4. The van der Waals surface area contributed by atoms with E-state index in [-0.39, 0.29) is 5.82 Å². The van der Waals surface area contributed by atoms with E-state index in [1.165, 1.54) is 17.7 Å². The molecule has 0 spiro atoms. The van der Waals surface area contributed by atoms with E-state index in [4.69, 9.17) is 0 Å². The van der Waals surface area contributed by atoms with E-state index >= 15 is 0 Å². The molecule has 2 rings (SSSR count). The third-order valence-electron chi connectivity index (χ3n) is 3.04. The van der Waals surface area contributed by atoms with E-state index < -0.39 is 6.10 Å². The summed E-state index contributed by atoms with van der Waals surface area (Å²) in [6, 6.07) is 6.20. The monoisotopic (exact) mass is 289 g/mol. The Kier molecular flexibility index (Phi) is 4.85. The van der Waals surface area contributed by atoms with Crippen molar-refractivity contribution in [1.29, 1.82) is 0 Å². The number of nitrogens with zero attached hydrogens (tertiary/aromatic N) is 3. The second-order valence-electron chi connectivity index (χ2n) is 5.27. The molecule has 1 N–H and O–H groups in total. The molecular formula is C16H20FN3O. The second-order valence-corrected chi connectivity index (χ2v) is 5.27. The van der Waals surface area contributed by atoms with Gasteiger partial charge >= 0.3 is 0 Å². The summed E-state index contributed by atoms with van der Waals surface area (Å²) >= 11 is 0. The number of aryl methyl sites for hydroxylation is 1. The molecule has 0 saturated carbocycles. The van der Waals surface area contributed by atoms with Gasteiger partial charge in [-0.3, -0.25) is 0 Å². The van der Waals surface area contributed by atoms with Crippen molar-refractivity contribution in [3.8, 4) is 5.69 Å². The highest BCUT2D eigenvalue weighted by Gasteiger charge is 2.14. The molecule has 4 nitrogen and oxygen atoms in total. The molecule has 1 heterocycles. The molecule has 0 aliphatic heterocycles. The van der Waals surface area contributed by atoms with Gasteiger partial charge in [-0.2, -0.15) is 0 Å². The van der Waals surface area contributed by atoms with Crippen molar-refractivity contribution in [2.24, 2.45) is 0 Å². The molecule has 0 bridgehead atoms. The first-order chi connectivity index (χ1) is 9.97. The lowest BCUT2D eigenvalue weighted by molar-refractivity contribution is 0.189. The molecule has 21 heavy (non-hydrogen) atoms. The molecule has 112 valence electrons. The van der Waals surface area contributed by atoms with E-state index in [0.29, 0.717) is 23.8 Å². The Morgan fingerprint density at radius 2 is 2.19 bits per heavy atom. The normalized spacial score (nSPS) is 12.2. The summed E-state index contributed by atoms with van der Waals surface area (Å²) in [5.74, 6) is 0.748. The molecule has 1 aromatic carbocycles. The maximum atomic E-state index is 13.4. The largest absolute Gasteiger partial charge is 0.385 e. The minimum atomic E-state index is -0.748. The van der Waals surface area contributed by atoms with E-state index in [1.54, 1.807) is 23.7 Å². The van der Waals surface area contributed by atoms with Gasteiger partial charge in [0.2, 0.25) is 0 Å². The third-order valence-corrected chi connectivity index (χ3v) is 3.04. The summed E-state index contributed by atoms with van der Waals surface area (Å²) in [5.41, 5.74) is 1.85. The lowest BCUT2D eigenvalue weighted by atomic mass is 10.2. The molecule has 1 atom stereocenters. The third kappa shape index (κ3) is 3.98. The molecular weight excluding hydrogens is 269 g/mol. The molecule has 2 aromatic rings. The number of hydrogen-bond acceptors (Lipinski definition) is 3. The topological polar surface area (TPSA) is 50.9 Å². The van der Waals surface area contributed by atoms with Crippen LogP contribution in [0.1, 0.15) is 44.9 Å². The quantitative estimate of drug-likeness (QED) is 0.859. The van der Waals surface area contributed by atoms with Crippen LogP contribution >= 0.6 is 0 Å². The van der Waals surface area contributed by atoms with Gasteiger partial charge in [0.25, 0.3) is 0 Å². The van der Waals surface area contributed by atoms with E-state index in [0.717, 1.165) is 6.42 Å². The number of aromatic nitrogens is 3. The minimum absolute atomic E-state index is 0.322. The Balaban J connectivity index is 2.36. The maximum absolute atomic E-state index is 13.4. The van der Waals surface area contributed by atoms with Gasteiger partial charge in [-0.25, -0.2) is 14.1 Å². The van der Waals surface area contributed by atoms with Crippen LogP contribution in [0, 0.1) is 5.82 Å². The van der Waals surface area contributed by atoms with Crippen LogP contribution in [0.2, 0.25) is 0 Å². The highest BCUT2D eigenvalue weighted by molar-refractivity contribution is 5.32. The van der Waals surface area contributed by atoms with Gasteiger partial charge in [0, 0.05) is 6.42 Å². The first-order valence-corrected chi connectivity index (χ1v) is 7.00. The highest BCUT2D eigenvalue weighted by atomic mass is 19.1. The number of halogens is 1. The van der Waals surface area contributed by atoms with Gasteiger partial charge in [-0.15, -0.1) is 5.10 Å². The molecule has 0 fully saturated rings. The highest BCUT2D eigenvalue weighted by Crippen LogP contribution is 2.16. The van der Waals surface area contributed by atoms with E-state index in [9.17, 15) is 9.50 Å². The number of aliphatic hydroxyl groups is 1. The van der Waals surface area contributed by atoms with Crippen LogP contribution in [-0.2, 0) is 6.42 Å². The fraction of sp³-hybridized carbons (Fsp3) is 0.375. The van der Waals surface area contributed by atoms with Crippen LogP contribution in [0.4, 0.5) is 4.39 Å². The molecule has 5 heteroatoms. The standard InChI is InChI=1S/C16H20FN3O/c1-11(2)6-4-9-15-18-16(12(3)21)19-20(15)14-8-5-7-13(17)10-14/h5-8,10,12,21H,4,9H2,1-3H3. The van der Waals surface area contributed by atoms with Crippen molar-refractivity contribution in [3.05, 3.63) is 53.4 Å². The predicted molar refractivity (Wildman–Crippen MR) is 79.7 cm³/mol. The average Bonchev–Trinajstić information content (AvgIpc) is 2.82. The lowest BCUT2D eigenvalue weighted by Gasteiger charge is -2.05. The average molecular weight is 289 g/mol. The van der Waals surface area contributed by atoms with Gasteiger partial charge in [-0.05, 0) is 45.4 Å². The summed E-state index contributed by atoms with van der Waals surface area (Å²) in [6.07, 6.45) is 2.88. The SMILES string of the molecule is CC(C)=CCCc1nc(C(C)O)nn1-c1cccc(F)c1. The van der Waals surface area contributed by atoms with Gasteiger partial charge in [0.05, 0.1) is 5.69 Å². The Labute approximate surface area is 124 Å². The predicted octanol–water partition coefficient (Wildman–Crippen LogP) is 3.36. The van der Waals surface area contributed by atoms with Crippen molar-refractivity contribution in [1.82, 2.24) is 14.8 Å². The van der Waals surface area contributed by atoms with Crippen LogP contribution in [0.5, 0.6) is 0 Å². The number of rotatable bonds is 5. The molecule has 0 radical (unpaired) electrons. The molecule has 0 amide bonds. The van der Waals surface area contributed by atoms with Crippen LogP contribution < -0.4 is 0 Å². The van der Waals surface area contributed by atoms with Gasteiger partial charge in [0.1, 0.15) is 17.7 Å². The number of aliphatic hydroxyl groups excluding tert-OH is 1. The van der Waals surface area contributed by atoms with Crippen LogP contribution in [0.15, 0.2) is 35.9 Å². The lowest BCUT2D eigenvalue weighted by Crippen LogP contribution is -2.03. The zero-order chi connectivity index (χ0) is 15.4. The Morgan fingerprint density at radius 3 is 2.81 bits per heavy atom. The summed E-state index contributed by atoms with van der Waals surface area (Å²) in [7, 11) is 0. The van der Waals surface area contributed by atoms with Gasteiger partial charge in [0.15, 0.2) is 5.82 Å². The maximum Gasteiger partial charge on any atom is 0.179 e. The van der Waals surface area contributed by atoms with Crippen molar-refractivity contribution >= 4 is 0 Å². The van der Waals surface area contributed by atoms with E-state index in [2.05, 4.69) is 16.2 Å². The van der Waals surface area contributed by atoms with Crippen LogP contribution in [-0.4, -0.2) is 19.9 Å². The zero-order valence-corrected chi connectivity index (χ0v) is 12.5. The fourth-order valence-electron chi connectivity index (χ4n) is 2.01. The van der Waals surface area contributed by atoms with Crippen LogP contribution in [0.25, 0.3) is 5.69 Å². The number of allylic oxidation sites excluding steroid dienone is 2. The van der Waals surface area contributed by atoms with E-state index in [1.807, 2.05) is 13.8 Å². The molecule has 1 aromatic heterocycles. The summed E-state index contributed by atoms with van der Waals surface area (Å²) in [6.45, 7) is 5.70. The Morgan fingerprint density at radius 1 is 1.43 bits per heavy atom. The first-order valence-electron chi connectivity index (χ1n) is 7.00. The smallest absolute Gasteiger partial charge is 0.179 e. The second kappa shape index (κ2) is 6.63.